The number of rotatable bonds is 3. The topological polar surface area (TPSA) is 42.9 Å². The van der Waals surface area contributed by atoms with Crippen molar-refractivity contribution in [2.75, 3.05) is 0 Å². The lowest BCUT2D eigenvalue weighted by atomic mass is 10.0. The zero-order chi connectivity index (χ0) is 11.4. The van der Waals surface area contributed by atoms with Crippen molar-refractivity contribution in [2.45, 2.75) is 13.3 Å². The molecule has 0 fully saturated rings. The highest BCUT2D eigenvalue weighted by molar-refractivity contribution is 5.80. The Labute approximate surface area is 94.2 Å². The minimum atomic E-state index is 0.0951. The SMILES string of the molecule is CC(=O)Cc1nnccc1-c1ccccc1. The van der Waals surface area contributed by atoms with Crippen LogP contribution >= 0.6 is 0 Å². The quantitative estimate of drug-likeness (QED) is 0.783. The summed E-state index contributed by atoms with van der Waals surface area (Å²) in [6.45, 7) is 1.56. The Morgan fingerprint density at radius 2 is 1.94 bits per heavy atom. The summed E-state index contributed by atoms with van der Waals surface area (Å²) in [5, 5.41) is 7.85. The van der Waals surface area contributed by atoms with Gasteiger partial charge in [-0.25, -0.2) is 0 Å². The Morgan fingerprint density at radius 3 is 2.62 bits per heavy atom. The van der Waals surface area contributed by atoms with E-state index in [1.807, 2.05) is 36.4 Å². The van der Waals surface area contributed by atoms with Gasteiger partial charge in [-0.2, -0.15) is 10.2 Å². The van der Waals surface area contributed by atoms with Crippen molar-refractivity contribution in [2.24, 2.45) is 0 Å². The fraction of sp³-hybridized carbons (Fsp3) is 0.154. The largest absolute Gasteiger partial charge is 0.300 e. The molecule has 0 amide bonds. The molecule has 2 aromatic rings. The average molecular weight is 212 g/mol. The third-order valence-corrected chi connectivity index (χ3v) is 2.30. The van der Waals surface area contributed by atoms with E-state index in [2.05, 4.69) is 10.2 Å². The van der Waals surface area contributed by atoms with E-state index in [4.69, 9.17) is 0 Å². The Balaban J connectivity index is 2.44. The molecule has 0 radical (unpaired) electrons. The van der Waals surface area contributed by atoms with E-state index in [-0.39, 0.29) is 5.78 Å². The predicted molar refractivity (Wildman–Crippen MR) is 61.9 cm³/mol. The van der Waals surface area contributed by atoms with Gasteiger partial charge in [0.05, 0.1) is 18.3 Å². The molecule has 3 heteroatoms. The molecule has 0 spiro atoms. The molecule has 0 aliphatic heterocycles. The molecule has 0 saturated heterocycles. The van der Waals surface area contributed by atoms with Crippen LogP contribution in [0.4, 0.5) is 0 Å². The predicted octanol–water partition coefficient (Wildman–Crippen LogP) is 2.28. The summed E-state index contributed by atoms with van der Waals surface area (Å²) >= 11 is 0. The molecule has 0 saturated carbocycles. The Morgan fingerprint density at radius 1 is 1.19 bits per heavy atom. The van der Waals surface area contributed by atoms with Crippen LogP contribution in [0.1, 0.15) is 12.6 Å². The molecule has 1 aromatic carbocycles. The van der Waals surface area contributed by atoms with Crippen LogP contribution in [0.5, 0.6) is 0 Å². The molecular weight excluding hydrogens is 200 g/mol. The van der Waals surface area contributed by atoms with Gasteiger partial charge in [0, 0.05) is 5.56 Å². The van der Waals surface area contributed by atoms with Gasteiger partial charge in [-0.3, -0.25) is 4.79 Å². The van der Waals surface area contributed by atoms with Crippen molar-refractivity contribution >= 4 is 5.78 Å². The molecule has 0 aliphatic carbocycles. The summed E-state index contributed by atoms with van der Waals surface area (Å²) in [5.74, 6) is 0.0951. The van der Waals surface area contributed by atoms with Crippen molar-refractivity contribution in [3.05, 3.63) is 48.3 Å². The number of aromatic nitrogens is 2. The van der Waals surface area contributed by atoms with Crippen LogP contribution in [-0.4, -0.2) is 16.0 Å². The summed E-state index contributed by atoms with van der Waals surface area (Å²) < 4.78 is 0. The first-order valence-corrected chi connectivity index (χ1v) is 5.13. The van der Waals surface area contributed by atoms with Gasteiger partial charge in [0.1, 0.15) is 5.78 Å². The normalized spacial score (nSPS) is 10.1. The summed E-state index contributed by atoms with van der Waals surface area (Å²) in [7, 11) is 0. The number of ketones is 1. The molecule has 1 heterocycles. The van der Waals surface area contributed by atoms with E-state index in [1.54, 1.807) is 13.1 Å². The van der Waals surface area contributed by atoms with Gasteiger partial charge in [-0.15, -0.1) is 0 Å². The monoisotopic (exact) mass is 212 g/mol. The third kappa shape index (κ3) is 2.31. The van der Waals surface area contributed by atoms with Crippen LogP contribution in [0.15, 0.2) is 42.6 Å². The zero-order valence-electron chi connectivity index (χ0n) is 9.05. The molecule has 0 unspecified atom stereocenters. The van der Waals surface area contributed by atoms with Crippen molar-refractivity contribution in [3.63, 3.8) is 0 Å². The minimum Gasteiger partial charge on any atom is -0.300 e. The van der Waals surface area contributed by atoms with Crippen LogP contribution in [0.2, 0.25) is 0 Å². The van der Waals surface area contributed by atoms with Crippen LogP contribution in [-0.2, 0) is 11.2 Å². The number of carbonyl (C=O) groups excluding carboxylic acids is 1. The van der Waals surface area contributed by atoms with Gasteiger partial charge in [-0.05, 0) is 18.6 Å². The number of Topliss-reactive ketones (excluding diaryl/α,β-unsaturated/α-hetero) is 1. The van der Waals surface area contributed by atoms with E-state index >= 15 is 0 Å². The van der Waals surface area contributed by atoms with Gasteiger partial charge in [0.25, 0.3) is 0 Å². The van der Waals surface area contributed by atoms with Gasteiger partial charge in [-0.1, -0.05) is 30.3 Å². The molecular formula is C13H12N2O. The van der Waals surface area contributed by atoms with Crippen LogP contribution in [0.3, 0.4) is 0 Å². The fourth-order valence-electron chi connectivity index (χ4n) is 1.61. The number of hydrogen-bond donors (Lipinski definition) is 0. The van der Waals surface area contributed by atoms with Crippen LogP contribution < -0.4 is 0 Å². The summed E-state index contributed by atoms with van der Waals surface area (Å²) in [6.07, 6.45) is 1.98. The molecule has 0 atom stereocenters. The maximum Gasteiger partial charge on any atom is 0.135 e. The molecule has 1 aromatic heterocycles. The highest BCUT2D eigenvalue weighted by atomic mass is 16.1. The first kappa shape index (κ1) is 10.5. The molecule has 0 bridgehead atoms. The molecule has 0 aliphatic rings. The van der Waals surface area contributed by atoms with Crippen molar-refractivity contribution < 1.29 is 4.79 Å². The van der Waals surface area contributed by atoms with Crippen molar-refractivity contribution in [1.29, 1.82) is 0 Å². The second-order valence-corrected chi connectivity index (χ2v) is 3.64. The Kier molecular flexibility index (Phi) is 3.05. The summed E-state index contributed by atoms with van der Waals surface area (Å²) in [6, 6.07) is 11.8. The summed E-state index contributed by atoms with van der Waals surface area (Å²) in [4.78, 5) is 11.1. The molecule has 0 N–H and O–H groups in total. The molecule has 3 nitrogen and oxygen atoms in total. The first-order valence-electron chi connectivity index (χ1n) is 5.13. The maximum atomic E-state index is 11.1. The van der Waals surface area contributed by atoms with E-state index in [1.165, 1.54) is 0 Å². The number of benzene rings is 1. The van der Waals surface area contributed by atoms with E-state index in [0.29, 0.717) is 6.42 Å². The van der Waals surface area contributed by atoms with Crippen LogP contribution in [0, 0.1) is 0 Å². The van der Waals surface area contributed by atoms with E-state index in [9.17, 15) is 4.79 Å². The molecule has 2 rings (SSSR count). The Hall–Kier alpha value is -2.03. The fourth-order valence-corrected chi connectivity index (χ4v) is 1.61. The molecule has 16 heavy (non-hydrogen) atoms. The lowest BCUT2D eigenvalue weighted by molar-refractivity contribution is -0.116. The number of carbonyl (C=O) groups is 1. The first-order chi connectivity index (χ1) is 7.77. The van der Waals surface area contributed by atoms with Crippen molar-refractivity contribution in [3.8, 4) is 11.1 Å². The maximum absolute atomic E-state index is 11.1. The third-order valence-electron chi connectivity index (χ3n) is 2.30. The van der Waals surface area contributed by atoms with Crippen LogP contribution in [0.25, 0.3) is 11.1 Å². The van der Waals surface area contributed by atoms with E-state index < -0.39 is 0 Å². The lowest BCUT2D eigenvalue weighted by Crippen LogP contribution is -2.02. The average Bonchev–Trinajstić information content (AvgIpc) is 2.30. The standard InChI is InChI=1S/C13H12N2O/c1-10(16)9-13-12(7-8-14-15-13)11-5-3-2-4-6-11/h2-8H,9H2,1H3. The summed E-state index contributed by atoms with van der Waals surface area (Å²) in [5.41, 5.74) is 2.78. The number of nitrogens with zero attached hydrogens (tertiary/aromatic N) is 2. The number of hydrogen-bond acceptors (Lipinski definition) is 3. The van der Waals surface area contributed by atoms with Gasteiger partial charge >= 0.3 is 0 Å². The zero-order valence-corrected chi connectivity index (χ0v) is 9.05. The Bertz CT molecular complexity index is 494. The second kappa shape index (κ2) is 4.66. The second-order valence-electron chi connectivity index (χ2n) is 3.64. The van der Waals surface area contributed by atoms with Crippen molar-refractivity contribution in [1.82, 2.24) is 10.2 Å². The van der Waals surface area contributed by atoms with E-state index in [0.717, 1.165) is 16.8 Å². The smallest absolute Gasteiger partial charge is 0.135 e. The highest BCUT2D eigenvalue weighted by Crippen LogP contribution is 2.21. The molecule has 80 valence electrons. The van der Waals surface area contributed by atoms with Gasteiger partial charge in [0.15, 0.2) is 0 Å². The van der Waals surface area contributed by atoms with Gasteiger partial charge in [0.2, 0.25) is 0 Å². The highest BCUT2D eigenvalue weighted by Gasteiger charge is 2.08. The minimum absolute atomic E-state index is 0.0951. The lowest BCUT2D eigenvalue weighted by Gasteiger charge is -2.05. The van der Waals surface area contributed by atoms with Gasteiger partial charge < -0.3 is 0 Å².